The Morgan fingerprint density at radius 2 is 2.14 bits per heavy atom. The number of carbonyl (C=O) groups is 1. The highest BCUT2D eigenvalue weighted by Gasteiger charge is 2.16. The summed E-state index contributed by atoms with van der Waals surface area (Å²) in [6.45, 7) is 0.153. The Hall–Kier alpha value is -2.25. The molecule has 0 saturated heterocycles. The Kier molecular flexibility index (Phi) is 4.66. The van der Waals surface area contributed by atoms with E-state index in [1.807, 2.05) is 0 Å². The van der Waals surface area contributed by atoms with E-state index in [9.17, 15) is 9.59 Å². The van der Waals surface area contributed by atoms with Crippen molar-refractivity contribution < 1.29 is 14.3 Å². The summed E-state index contributed by atoms with van der Waals surface area (Å²) >= 11 is 0. The summed E-state index contributed by atoms with van der Waals surface area (Å²) in [4.78, 5) is 28.5. The van der Waals surface area contributed by atoms with Gasteiger partial charge in [-0.1, -0.05) is 0 Å². The summed E-state index contributed by atoms with van der Waals surface area (Å²) in [5.41, 5.74) is 0.194. The zero-order chi connectivity index (χ0) is 15.4. The fourth-order valence-electron chi connectivity index (χ4n) is 1.99. The fraction of sp³-hybridized carbons (Fsp3) is 0.357. The normalized spacial score (nSPS) is 11.0. The first-order valence-corrected chi connectivity index (χ1v) is 6.37. The summed E-state index contributed by atoms with van der Waals surface area (Å²) in [6, 6.07) is 5.08. The summed E-state index contributed by atoms with van der Waals surface area (Å²) in [5.74, 6) is -0.472. The van der Waals surface area contributed by atoms with Crippen LogP contribution in [0.25, 0.3) is 11.0 Å². The minimum absolute atomic E-state index is 0.0592. The Morgan fingerprint density at radius 3 is 2.81 bits per heavy atom. The molecule has 0 aromatic carbocycles. The van der Waals surface area contributed by atoms with E-state index in [1.54, 1.807) is 25.4 Å². The molecule has 112 valence electrons. The summed E-state index contributed by atoms with van der Waals surface area (Å²) in [6.07, 6.45) is 1.04. The Labute approximate surface area is 121 Å². The van der Waals surface area contributed by atoms with Gasteiger partial charge in [-0.25, -0.2) is 4.98 Å². The lowest BCUT2D eigenvalue weighted by Crippen LogP contribution is -2.37. The summed E-state index contributed by atoms with van der Waals surface area (Å²) in [7, 11) is 4.53. The molecule has 0 bridgehead atoms. The molecule has 0 aliphatic carbocycles. The second-order valence-electron chi connectivity index (χ2n) is 4.45. The van der Waals surface area contributed by atoms with Gasteiger partial charge in [0.25, 0.3) is 11.5 Å². The number of methoxy groups -OCH3 is 2. The monoisotopic (exact) mass is 291 g/mol. The van der Waals surface area contributed by atoms with E-state index >= 15 is 0 Å². The minimum atomic E-state index is -0.556. The van der Waals surface area contributed by atoms with Crippen molar-refractivity contribution in [2.45, 2.75) is 6.29 Å². The zero-order valence-corrected chi connectivity index (χ0v) is 12.1. The molecule has 1 amide bonds. The molecule has 2 aromatic heterocycles. The van der Waals surface area contributed by atoms with Crippen molar-refractivity contribution in [3.8, 4) is 0 Å². The average Bonchev–Trinajstić information content (AvgIpc) is 2.51. The number of hydrogen-bond donors (Lipinski definition) is 1. The molecular weight excluding hydrogens is 274 g/mol. The van der Waals surface area contributed by atoms with Crippen LogP contribution in [0.2, 0.25) is 0 Å². The first-order valence-electron chi connectivity index (χ1n) is 6.37. The second kappa shape index (κ2) is 6.47. The van der Waals surface area contributed by atoms with Crippen LogP contribution in [0.15, 0.2) is 29.2 Å². The predicted molar refractivity (Wildman–Crippen MR) is 77.1 cm³/mol. The number of aromatic nitrogens is 2. The maximum absolute atomic E-state index is 12.2. The molecule has 0 unspecified atom stereocenters. The van der Waals surface area contributed by atoms with Gasteiger partial charge in [0.05, 0.1) is 6.54 Å². The van der Waals surface area contributed by atoms with Crippen LogP contribution in [0.4, 0.5) is 0 Å². The van der Waals surface area contributed by atoms with Gasteiger partial charge >= 0.3 is 0 Å². The molecule has 2 aromatic rings. The first kappa shape index (κ1) is 15.1. The van der Waals surface area contributed by atoms with Crippen molar-refractivity contribution in [3.05, 3.63) is 40.3 Å². The third-order valence-electron chi connectivity index (χ3n) is 3.17. The van der Waals surface area contributed by atoms with Crippen LogP contribution in [0.1, 0.15) is 10.4 Å². The number of aryl methyl sites for hydroxylation is 1. The van der Waals surface area contributed by atoms with Crippen molar-refractivity contribution in [2.75, 3.05) is 20.8 Å². The molecule has 2 heterocycles. The predicted octanol–water partition coefficient (Wildman–Crippen LogP) is 0.282. The van der Waals surface area contributed by atoms with Crippen LogP contribution < -0.4 is 10.9 Å². The number of fused-ring (bicyclic) bond motifs is 1. The smallest absolute Gasteiger partial charge is 0.264 e. The van der Waals surface area contributed by atoms with Crippen molar-refractivity contribution in [3.63, 3.8) is 0 Å². The number of nitrogens with zero attached hydrogens (tertiary/aromatic N) is 2. The van der Waals surface area contributed by atoms with E-state index in [0.29, 0.717) is 5.65 Å². The van der Waals surface area contributed by atoms with Crippen molar-refractivity contribution in [1.29, 1.82) is 0 Å². The molecule has 0 spiro atoms. The molecule has 0 aliphatic rings. The molecule has 7 nitrogen and oxygen atoms in total. The minimum Gasteiger partial charge on any atom is -0.354 e. The number of rotatable bonds is 5. The van der Waals surface area contributed by atoms with Gasteiger partial charge in [0.2, 0.25) is 0 Å². The van der Waals surface area contributed by atoms with E-state index in [1.165, 1.54) is 24.9 Å². The third-order valence-corrected chi connectivity index (χ3v) is 3.17. The Morgan fingerprint density at radius 1 is 1.43 bits per heavy atom. The van der Waals surface area contributed by atoms with Gasteiger partial charge < -0.3 is 14.8 Å². The van der Waals surface area contributed by atoms with E-state index in [0.717, 1.165) is 5.39 Å². The van der Waals surface area contributed by atoms with Crippen LogP contribution in [0.3, 0.4) is 0 Å². The summed E-state index contributed by atoms with van der Waals surface area (Å²) < 4.78 is 11.3. The SMILES string of the molecule is COC(CNC(=O)c1cc2cccnc2n(C)c1=O)OC. The average molecular weight is 291 g/mol. The molecule has 0 fully saturated rings. The van der Waals surface area contributed by atoms with Crippen LogP contribution in [0, 0.1) is 0 Å². The fourth-order valence-corrected chi connectivity index (χ4v) is 1.99. The van der Waals surface area contributed by atoms with E-state index in [2.05, 4.69) is 10.3 Å². The van der Waals surface area contributed by atoms with E-state index < -0.39 is 17.8 Å². The molecular formula is C14H17N3O4. The highest BCUT2D eigenvalue weighted by Crippen LogP contribution is 2.09. The first-order chi connectivity index (χ1) is 10.1. The maximum Gasteiger partial charge on any atom is 0.264 e. The van der Waals surface area contributed by atoms with Crippen LogP contribution >= 0.6 is 0 Å². The van der Waals surface area contributed by atoms with Gasteiger partial charge in [0, 0.05) is 32.9 Å². The number of carbonyl (C=O) groups excluding carboxylic acids is 1. The number of amides is 1. The van der Waals surface area contributed by atoms with Gasteiger partial charge in [-0.3, -0.25) is 14.2 Å². The third kappa shape index (κ3) is 3.09. The van der Waals surface area contributed by atoms with E-state index in [-0.39, 0.29) is 12.1 Å². The van der Waals surface area contributed by atoms with Gasteiger partial charge in [-0.2, -0.15) is 0 Å². The van der Waals surface area contributed by atoms with Gasteiger partial charge in [-0.15, -0.1) is 0 Å². The lowest BCUT2D eigenvalue weighted by Gasteiger charge is -2.14. The quantitative estimate of drug-likeness (QED) is 0.800. The Bertz CT molecular complexity index is 707. The lowest BCUT2D eigenvalue weighted by atomic mass is 10.2. The zero-order valence-electron chi connectivity index (χ0n) is 12.1. The second-order valence-corrected chi connectivity index (χ2v) is 4.45. The molecule has 0 atom stereocenters. The molecule has 21 heavy (non-hydrogen) atoms. The van der Waals surface area contributed by atoms with Crippen LogP contribution in [-0.2, 0) is 16.5 Å². The lowest BCUT2D eigenvalue weighted by molar-refractivity contribution is -0.0974. The van der Waals surface area contributed by atoms with Gasteiger partial charge in [-0.05, 0) is 18.2 Å². The number of hydrogen-bond acceptors (Lipinski definition) is 5. The number of ether oxygens (including phenoxy) is 2. The molecule has 7 heteroatoms. The number of nitrogens with one attached hydrogen (secondary N) is 1. The molecule has 0 aliphatic heterocycles. The highest BCUT2D eigenvalue weighted by atomic mass is 16.7. The van der Waals surface area contributed by atoms with Crippen molar-refractivity contribution in [1.82, 2.24) is 14.9 Å². The van der Waals surface area contributed by atoms with Gasteiger partial charge in [0.1, 0.15) is 11.2 Å². The molecule has 1 N–H and O–H groups in total. The molecule has 0 saturated carbocycles. The topological polar surface area (TPSA) is 82.5 Å². The van der Waals surface area contributed by atoms with Gasteiger partial charge in [0.15, 0.2) is 6.29 Å². The molecule has 0 radical (unpaired) electrons. The maximum atomic E-state index is 12.2. The van der Waals surface area contributed by atoms with Crippen LogP contribution in [0.5, 0.6) is 0 Å². The van der Waals surface area contributed by atoms with E-state index in [4.69, 9.17) is 9.47 Å². The van der Waals surface area contributed by atoms with Crippen molar-refractivity contribution in [2.24, 2.45) is 7.05 Å². The Balaban J connectivity index is 2.31. The highest BCUT2D eigenvalue weighted by molar-refractivity contribution is 5.96. The van der Waals surface area contributed by atoms with Crippen molar-refractivity contribution >= 4 is 16.9 Å². The van der Waals surface area contributed by atoms with Crippen LogP contribution in [-0.4, -0.2) is 42.5 Å². The standard InChI is InChI=1S/C14H17N3O4/c1-17-12-9(5-4-6-15-12)7-10(14(17)19)13(18)16-8-11(20-2)21-3/h4-7,11H,8H2,1-3H3,(H,16,18). The molecule has 2 rings (SSSR count). The largest absolute Gasteiger partial charge is 0.354 e. The number of pyridine rings is 2. The summed E-state index contributed by atoms with van der Waals surface area (Å²) in [5, 5.41) is 3.33.